The van der Waals surface area contributed by atoms with Gasteiger partial charge in [0, 0.05) is 11.8 Å². The van der Waals surface area contributed by atoms with E-state index in [0.717, 1.165) is 63.1 Å². The van der Waals surface area contributed by atoms with Gasteiger partial charge in [-0.2, -0.15) is 0 Å². The van der Waals surface area contributed by atoms with Gasteiger partial charge in [-0.1, -0.05) is 89.9 Å². The number of carbonyl (C=O) groups is 2. The maximum Gasteiger partial charge on any atom is 0.373 e. The molecule has 0 saturated heterocycles. The quantitative estimate of drug-likeness (QED) is 0.0601. The summed E-state index contributed by atoms with van der Waals surface area (Å²) in [5.74, 6) is 0.00723. The predicted octanol–water partition coefficient (Wildman–Crippen LogP) is 8.70. The fourth-order valence-electron chi connectivity index (χ4n) is 3.38. The van der Waals surface area contributed by atoms with E-state index in [-0.39, 0.29) is 0 Å². The van der Waals surface area contributed by atoms with Crippen LogP contribution in [-0.4, -0.2) is 34.5 Å². The molecule has 0 aromatic heterocycles. The van der Waals surface area contributed by atoms with Crippen molar-refractivity contribution in [3.63, 3.8) is 0 Å². The normalized spacial score (nSPS) is 13.0. The van der Waals surface area contributed by atoms with E-state index in [0.29, 0.717) is 12.8 Å². The van der Waals surface area contributed by atoms with Crippen LogP contribution in [0.3, 0.4) is 0 Å². The zero-order valence-corrected chi connectivity index (χ0v) is 22.5. The highest BCUT2D eigenvalue weighted by molar-refractivity contribution is 6.30. The molecule has 0 spiro atoms. The third kappa shape index (κ3) is 20.7. The molecule has 32 heavy (non-hydrogen) atoms. The molecule has 0 heterocycles. The number of hydrogen-bond donors (Lipinski definition) is 0. The van der Waals surface area contributed by atoms with Gasteiger partial charge in [0.25, 0.3) is 0 Å². The zero-order chi connectivity index (χ0) is 23.9. The maximum atomic E-state index is 11.9. The molecule has 0 rings (SSSR count). The molecule has 0 aliphatic heterocycles. The van der Waals surface area contributed by atoms with Crippen molar-refractivity contribution >= 4 is 58.3 Å². The van der Waals surface area contributed by atoms with Crippen LogP contribution in [0.5, 0.6) is 0 Å². The summed E-state index contributed by atoms with van der Waals surface area (Å²) in [6, 6.07) is 0. The van der Waals surface area contributed by atoms with Crippen LogP contribution in [0.4, 0.5) is 0 Å². The number of alkyl halides is 4. The lowest BCUT2D eigenvalue weighted by Crippen LogP contribution is -2.24. The Morgan fingerprint density at radius 1 is 0.469 bits per heavy atom. The van der Waals surface area contributed by atoms with Crippen molar-refractivity contribution < 1.29 is 19.4 Å². The van der Waals surface area contributed by atoms with Crippen LogP contribution < -0.4 is 0 Å². The van der Waals surface area contributed by atoms with Crippen LogP contribution in [0.1, 0.15) is 116 Å². The summed E-state index contributed by atoms with van der Waals surface area (Å²) in [6.07, 6.45) is 18.7. The fourth-order valence-corrected chi connectivity index (χ4v) is 4.14. The van der Waals surface area contributed by atoms with Gasteiger partial charge in [0.1, 0.15) is 10.8 Å². The molecule has 190 valence electrons. The summed E-state index contributed by atoms with van der Waals surface area (Å²) in [4.78, 5) is 32.9. The molecule has 0 aliphatic carbocycles. The first-order valence-corrected chi connectivity index (χ1v) is 14.3. The van der Waals surface area contributed by atoms with Crippen molar-refractivity contribution in [2.75, 3.05) is 11.8 Å². The highest BCUT2D eigenvalue weighted by atomic mass is 35.5. The Bertz CT molecular complexity index is 412. The third-order valence-corrected chi connectivity index (χ3v) is 6.73. The van der Waals surface area contributed by atoms with Crippen LogP contribution >= 0.6 is 46.4 Å². The molecule has 0 bridgehead atoms. The van der Waals surface area contributed by atoms with Crippen LogP contribution in [0, 0.1) is 0 Å². The van der Waals surface area contributed by atoms with Crippen LogP contribution in [-0.2, 0) is 19.4 Å². The van der Waals surface area contributed by atoms with Crippen molar-refractivity contribution in [1.29, 1.82) is 0 Å². The molecule has 0 saturated carbocycles. The van der Waals surface area contributed by atoms with Gasteiger partial charge in [-0.25, -0.2) is 19.4 Å². The first kappa shape index (κ1) is 32.1. The molecular weight excluding hydrogens is 494 g/mol. The van der Waals surface area contributed by atoms with E-state index in [1.807, 2.05) is 0 Å². The van der Waals surface area contributed by atoms with E-state index in [1.54, 1.807) is 0 Å². The third-order valence-electron chi connectivity index (χ3n) is 5.40. The van der Waals surface area contributed by atoms with E-state index in [4.69, 9.17) is 46.4 Å². The summed E-state index contributed by atoms with van der Waals surface area (Å²) in [5, 5.41) is -1.63. The molecular formula is C24H42Cl4O4. The minimum absolute atomic E-state index is 0.500. The maximum absolute atomic E-state index is 11.9. The molecule has 2 atom stereocenters. The minimum Gasteiger partial charge on any atom is -0.246 e. The second kappa shape index (κ2) is 24.2. The van der Waals surface area contributed by atoms with Gasteiger partial charge in [0.05, 0.1) is 0 Å². The number of halogens is 4. The Morgan fingerprint density at radius 2 is 0.719 bits per heavy atom. The van der Waals surface area contributed by atoms with E-state index < -0.39 is 22.7 Å². The lowest BCUT2D eigenvalue weighted by molar-refractivity contribution is -0.258. The molecule has 0 aromatic rings. The van der Waals surface area contributed by atoms with Crippen molar-refractivity contribution in [2.24, 2.45) is 0 Å². The van der Waals surface area contributed by atoms with E-state index in [2.05, 4.69) is 9.78 Å². The molecule has 0 amide bonds. The highest BCUT2D eigenvalue weighted by Gasteiger charge is 2.23. The summed E-state index contributed by atoms with van der Waals surface area (Å²) in [7, 11) is 0. The smallest absolute Gasteiger partial charge is 0.246 e. The van der Waals surface area contributed by atoms with Gasteiger partial charge in [-0.15, -0.1) is 46.4 Å². The Hall–Kier alpha value is 0.1000. The minimum atomic E-state index is -0.815. The summed E-state index contributed by atoms with van der Waals surface area (Å²) < 4.78 is 0. The largest absolute Gasteiger partial charge is 0.373 e. The van der Waals surface area contributed by atoms with Crippen LogP contribution in [0.25, 0.3) is 0 Å². The van der Waals surface area contributed by atoms with Crippen molar-refractivity contribution in [2.45, 2.75) is 126 Å². The second-order valence-electron chi connectivity index (χ2n) is 8.35. The fraction of sp³-hybridized carbons (Fsp3) is 0.917. The molecule has 8 heteroatoms. The monoisotopic (exact) mass is 534 g/mol. The SMILES string of the molecule is O=C(OOC(=O)C(Cl)CCCCCCCCCCCl)C(Cl)CCCCCCCCCCCl. The topological polar surface area (TPSA) is 52.6 Å². The lowest BCUT2D eigenvalue weighted by atomic mass is 10.1. The second-order valence-corrected chi connectivity index (χ2v) is 10.2. The highest BCUT2D eigenvalue weighted by Crippen LogP contribution is 2.16. The predicted molar refractivity (Wildman–Crippen MR) is 136 cm³/mol. The molecule has 2 unspecified atom stereocenters. The molecule has 0 radical (unpaired) electrons. The van der Waals surface area contributed by atoms with E-state index in [9.17, 15) is 9.59 Å². The Balaban J connectivity index is 3.63. The summed E-state index contributed by atoms with van der Waals surface area (Å²) in [6.45, 7) is 0. The average molecular weight is 536 g/mol. The molecule has 4 nitrogen and oxygen atoms in total. The van der Waals surface area contributed by atoms with E-state index in [1.165, 1.54) is 51.4 Å². The summed E-state index contributed by atoms with van der Waals surface area (Å²) in [5.41, 5.74) is 0. The van der Waals surface area contributed by atoms with Crippen molar-refractivity contribution in [1.82, 2.24) is 0 Å². The molecule has 0 fully saturated rings. The van der Waals surface area contributed by atoms with Crippen LogP contribution in [0.15, 0.2) is 0 Å². The number of unbranched alkanes of at least 4 members (excludes halogenated alkanes) is 14. The Kier molecular flexibility index (Phi) is 24.3. The number of hydrogen-bond acceptors (Lipinski definition) is 4. The standard InChI is InChI=1S/C24H42Cl4O4/c25-19-15-11-7-3-1-5-9-13-17-21(27)23(29)31-32-24(30)22(28)18-14-10-6-2-4-8-12-16-20-26/h21-22H,1-20H2. The van der Waals surface area contributed by atoms with Gasteiger partial charge in [-0.3, -0.25) is 0 Å². The lowest BCUT2D eigenvalue weighted by Gasteiger charge is -2.10. The summed E-state index contributed by atoms with van der Waals surface area (Å²) >= 11 is 23.4. The van der Waals surface area contributed by atoms with Gasteiger partial charge in [-0.05, 0) is 25.7 Å². The van der Waals surface area contributed by atoms with Crippen LogP contribution in [0.2, 0.25) is 0 Å². The first-order chi connectivity index (χ1) is 15.5. The average Bonchev–Trinajstić information content (AvgIpc) is 2.79. The Morgan fingerprint density at radius 3 is 1.00 bits per heavy atom. The molecule has 0 N–H and O–H groups in total. The van der Waals surface area contributed by atoms with Crippen molar-refractivity contribution in [3.8, 4) is 0 Å². The first-order valence-electron chi connectivity index (χ1n) is 12.3. The van der Waals surface area contributed by atoms with Gasteiger partial charge in [0.15, 0.2) is 0 Å². The number of rotatable bonds is 22. The van der Waals surface area contributed by atoms with Gasteiger partial charge >= 0.3 is 11.9 Å². The van der Waals surface area contributed by atoms with Gasteiger partial charge < -0.3 is 0 Å². The Labute approximate surface area is 215 Å². The molecule has 0 aliphatic rings. The molecule has 0 aromatic carbocycles. The van der Waals surface area contributed by atoms with Crippen molar-refractivity contribution in [3.05, 3.63) is 0 Å². The van der Waals surface area contributed by atoms with E-state index >= 15 is 0 Å². The zero-order valence-electron chi connectivity index (χ0n) is 19.4. The van der Waals surface area contributed by atoms with Gasteiger partial charge in [0.2, 0.25) is 0 Å². The number of carbonyl (C=O) groups excluding carboxylic acids is 2.